The van der Waals surface area contributed by atoms with E-state index in [9.17, 15) is 14.0 Å². The molecule has 1 amide bonds. The van der Waals surface area contributed by atoms with Crippen LogP contribution in [0.15, 0.2) is 76.2 Å². The van der Waals surface area contributed by atoms with E-state index >= 15 is 0 Å². The third kappa shape index (κ3) is 4.08. The van der Waals surface area contributed by atoms with E-state index in [0.717, 1.165) is 22.8 Å². The van der Waals surface area contributed by atoms with Crippen LogP contribution in [0, 0.1) is 12.7 Å². The monoisotopic (exact) mass is 456 g/mol. The summed E-state index contributed by atoms with van der Waals surface area (Å²) in [5, 5.41) is 6.21. The minimum absolute atomic E-state index is 0.0734. The Bertz CT molecular complexity index is 1430. The first-order chi connectivity index (χ1) is 16.5. The molecular weight excluding hydrogens is 435 g/mol. The maximum Gasteiger partial charge on any atom is 0.379 e. The summed E-state index contributed by atoms with van der Waals surface area (Å²) in [5.41, 5.74) is 5.17. The Labute approximate surface area is 195 Å². The standard InChI is InChI=1S/C27H21FN2O4/c1-16-24-22(29-30-26(31)21-9-4-7-17-6-2-3-8-20(17)21)10-5-11-23(24)34-25(16)27(32)33-19-14-12-18(28)13-15-19/h2-4,6-9,12-15H,5,10-11H2,1H3,(H,30,31)/b29-22+. The second kappa shape index (κ2) is 8.94. The minimum Gasteiger partial charge on any atom is -0.453 e. The summed E-state index contributed by atoms with van der Waals surface area (Å²) < 4.78 is 24.3. The number of ether oxygens (including phenoxy) is 1. The maximum absolute atomic E-state index is 13.1. The molecule has 1 N–H and O–H groups in total. The molecule has 1 heterocycles. The summed E-state index contributed by atoms with van der Waals surface area (Å²) in [5.74, 6) is -0.476. The number of amides is 1. The summed E-state index contributed by atoms with van der Waals surface area (Å²) in [6.45, 7) is 1.76. The Hall–Kier alpha value is -4.26. The summed E-state index contributed by atoms with van der Waals surface area (Å²) in [6.07, 6.45) is 2.06. The van der Waals surface area contributed by atoms with E-state index in [2.05, 4.69) is 10.5 Å². The summed E-state index contributed by atoms with van der Waals surface area (Å²) in [4.78, 5) is 25.6. The molecule has 6 nitrogen and oxygen atoms in total. The number of carbonyl (C=O) groups excluding carboxylic acids is 2. The molecule has 4 aromatic rings. The van der Waals surface area contributed by atoms with Crippen molar-refractivity contribution in [1.82, 2.24) is 5.43 Å². The van der Waals surface area contributed by atoms with Gasteiger partial charge in [0.1, 0.15) is 17.3 Å². The number of benzene rings is 3. The van der Waals surface area contributed by atoms with Crippen molar-refractivity contribution in [1.29, 1.82) is 0 Å². The lowest BCUT2D eigenvalue weighted by atomic mass is 9.93. The molecule has 34 heavy (non-hydrogen) atoms. The molecule has 0 unspecified atom stereocenters. The number of fused-ring (bicyclic) bond motifs is 2. The minimum atomic E-state index is -0.669. The lowest BCUT2D eigenvalue weighted by Gasteiger charge is -2.13. The van der Waals surface area contributed by atoms with Gasteiger partial charge in [-0.3, -0.25) is 4.79 Å². The maximum atomic E-state index is 13.1. The molecule has 170 valence electrons. The number of aryl methyl sites for hydroxylation is 1. The second-order valence-electron chi connectivity index (χ2n) is 8.08. The number of halogens is 1. The molecular formula is C27H21FN2O4. The van der Waals surface area contributed by atoms with Crippen LogP contribution in [0.3, 0.4) is 0 Å². The number of esters is 1. The molecule has 0 saturated heterocycles. The molecule has 0 fully saturated rings. The first kappa shape index (κ1) is 21.6. The van der Waals surface area contributed by atoms with Crippen LogP contribution in [-0.4, -0.2) is 17.6 Å². The SMILES string of the molecule is Cc1c(C(=O)Oc2ccc(F)cc2)oc2c1/C(=N/NC(=O)c1cccc3ccccc13)CCC2. The molecule has 0 aliphatic heterocycles. The Morgan fingerprint density at radius 3 is 2.59 bits per heavy atom. The van der Waals surface area contributed by atoms with Gasteiger partial charge in [-0.25, -0.2) is 14.6 Å². The van der Waals surface area contributed by atoms with Crippen molar-refractivity contribution in [3.8, 4) is 5.75 Å². The van der Waals surface area contributed by atoms with Crippen LogP contribution >= 0.6 is 0 Å². The fraction of sp³-hybridized carbons (Fsp3) is 0.148. The zero-order valence-corrected chi connectivity index (χ0v) is 18.4. The molecule has 0 radical (unpaired) electrons. The van der Waals surface area contributed by atoms with Gasteiger partial charge in [0.15, 0.2) is 0 Å². The largest absolute Gasteiger partial charge is 0.453 e. The molecule has 1 aromatic heterocycles. The van der Waals surface area contributed by atoms with Crippen molar-refractivity contribution in [2.45, 2.75) is 26.2 Å². The van der Waals surface area contributed by atoms with Gasteiger partial charge in [-0.2, -0.15) is 5.10 Å². The van der Waals surface area contributed by atoms with Gasteiger partial charge in [0.25, 0.3) is 5.91 Å². The second-order valence-corrected chi connectivity index (χ2v) is 8.08. The Morgan fingerprint density at radius 1 is 1.00 bits per heavy atom. The van der Waals surface area contributed by atoms with Crippen molar-refractivity contribution in [2.75, 3.05) is 0 Å². The number of hydrazone groups is 1. The molecule has 0 atom stereocenters. The molecule has 0 spiro atoms. The third-order valence-corrected chi connectivity index (χ3v) is 5.86. The van der Waals surface area contributed by atoms with Crippen molar-refractivity contribution in [3.05, 3.63) is 101 Å². The van der Waals surface area contributed by atoms with E-state index in [1.165, 1.54) is 24.3 Å². The van der Waals surface area contributed by atoms with Gasteiger partial charge in [0.05, 0.1) is 5.71 Å². The van der Waals surface area contributed by atoms with Crippen LogP contribution in [0.2, 0.25) is 0 Å². The Morgan fingerprint density at radius 2 is 1.76 bits per heavy atom. The van der Waals surface area contributed by atoms with E-state index in [-0.39, 0.29) is 17.4 Å². The quantitative estimate of drug-likeness (QED) is 0.247. The predicted molar refractivity (Wildman–Crippen MR) is 126 cm³/mol. The van der Waals surface area contributed by atoms with E-state index < -0.39 is 11.8 Å². The lowest BCUT2D eigenvalue weighted by molar-refractivity contribution is 0.0698. The topological polar surface area (TPSA) is 80.9 Å². The highest BCUT2D eigenvalue weighted by atomic mass is 19.1. The highest BCUT2D eigenvalue weighted by Gasteiger charge is 2.29. The summed E-state index contributed by atoms with van der Waals surface area (Å²) >= 11 is 0. The molecule has 0 bridgehead atoms. The number of rotatable bonds is 4. The van der Waals surface area contributed by atoms with Crippen LogP contribution in [0.4, 0.5) is 4.39 Å². The molecule has 1 aliphatic carbocycles. The van der Waals surface area contributed by atoms with Crippen LogP contribution < -0.4 is 10.2 Å². The highest BCUT2D eigenvalue weighted by molar-refractivity contribution is 6.09. The van der Waals surface area contributed by atoms with Crippen LogP contribution in [0.1, 0.15) is 50.6 Å². The van der Waals surface area contributed by atoms with Gasteiger partial charge in [0, 0.05) is 23.1 Å². The number of nitrogens with one attached hydrogen (secondary N) is 1. The van der Waals surface area contributed by atoms with Gasteiger partial charge in [-0.1, -0.05) is 36.4 Å². The average molecular weight is 456 g/mol. The van der Waals surface area contributed by atoms with Crippen LogP contribution in [0.25, 0.3) is 10.8 Å². The van der Waals surface area contributed by atoms with Gasteiger partial charge < -0.3 is 9.15 Å². The molecule has 5 rings (SSSR count). The van der Waals surface area contributed by atoms with E-state index in [4.69, 9.17) is 9.15 Å². The first-order valence-electron chi connectivity index (χ1n) is 11.0. The van der Waals surface area contributed by atoms with Crippen LogP contribution in [-0.2, 0) is 6.42 Å². The molecule has 0 saturated carbocycles. The Kier molecular flexibility index (Phi) is 5.67. The Balaban J connectivity index is 1.40. The number of nitrogens with zero attached hydrogens (tertiary/aromatic N) is 1. The van der Waals surface area contributed by atoms with E-state index in [0.29, 0.717) is 35.4 Å². The molecule has 7 heteroatoms. The summed E-state index contributed by atoms with van der Waals surface area (Å²) in [6, 6.07) is 18.4. The smallest absolute Gasteiger partial charge is 0.379 e. The summed E-state index contributed by atoms with van der Waals surface area (Å²) in [7, 11) is 0. The third-order valence-electron chi connectivity index (χ3n) is 5.86. The van der Waals surface area contributed by atoms with Crippen molar-refractivity contribution in [3.63, 3.8) is 0 Å². The van der Waals surface area contributed by atoms with Crippen molar-refractivity contribution >= 4 is 28.4 Å². The first-order valence-corrected chi connectivity index (χ1v) is 11.0. The van der Waals surface area contributed by atoms with Crippen molar-refractivity contribution < 1.29 is 23.1 Å². The highest BCUT2D eigenvalue weighted by Crippen LogP contribution is 2.30. The van der Waals surface area contributed by atoms with Gasteiger partial charge in [-0.05, 0) is 60.9 Å². The predicted octanol–water partition coefficient (Wildman–Crippen LogP) is 5.57. The van der Waals surface area contributed by atoms with Crippen LogP contribution in [0.5, 0.6) is 5.75 Å². The molecule has 3 aromatic carbocycles. The fourth-order valence-corrected chi connectivity index (χ4v) is 4.23. The van der Waals surface area contributed by atoms with Crippen molar-refractivity contribution in [2.24, 2.45) is 5.10 Å². The van der Waals surface area contributed by atoms with E-state index in [1.54, 1.807) is 13.0 Å². The fourth-order valence-electron chi connectivity index (χ4n) is 4.23. The van der Waals surface area contributed by atoms with E-state index in [1.807, 2.05) is 36.4 Å². The van der Waals surface area contributed by atoms with Gasteiger partial charge >= 0.3 is 5.97 Å². The normalized spacial score (nSPS) is 14.1. The number of hydrogen-bond donors (Lipinski definition) is 1. The number of carbonyl (C=O) groups is 2. The average Bonchev–Trinajstić information content (AvgIpc) is 3.20. The lowest BCUT2D eigenvalue weighted by Crippen LogP contribution is -2.22. The van der Waals surface area contributed by atoms with Gasteiger partial charge in [0.2, 0.25) is 5.76 Å². The zero-order valence-electron chi connectivity index (χ0n) is 18.4. The van der Waals surface area contributed by atoms with Gasteiger partial charge in [-0.15, -0.1) is 0 Å². The number of hydrogen-bond acceptors (Lipinski definition) is 5. The molecule has 1 aliphatic rings. The zero-order chi connectivity index (χ0) is 23.7. The number of furan rings is 1.